The molecule has 2 heterocycles. The highest BCUT2D eigenvalue weighted by molar-refractivity contribution is 7.94. The second-order valence-corrected chi connectivity index (χ2v) is 9.63. The molecular formula is C22H19N5O3S2. The summed E-state index contributed by atoms with van der Waals surface area (Å²) in [4.78, 5) is 16.4. The first kappa shape index (κ1) is 21.5. The second-order valence-electron chi connectivity index (χ2n) is 6.77. The largest absolute Gasteiger partial charge is 0.306 e. The highest BCUT2D eigenvalue weighted by Gasteiger charge is 2.15. The van der Waals surface area contributed by atoms with Crippen molar-refractivity contribution in [2.45, 2.75) is 11.1 Å². The molecule has 0 aliphatic rings. The maximum Gasteiger partial charge on any atom is 0.271 e. The molecule has 0 saturated carbocycles. The average molecular weight is 466 g/mol. The topological polar surface area (TPSA) is 105 Å². The van der Waals surface area contributed by atoms with E-state index in [0.29, 0.717) is 17.0 Å². The predicted octanol–water partition coefficient (Wildman–Crippen LogP) is 3.89. The molecule has 0 bridgehead atoms. The van der Waals surface area contributed by atoms with Crippen LogP contribution in [-0.2, 0) is 10.0 Å². The molecule has 8 nitrogen and oxygen atoms in total. The molecule has 0 fully saturated rings. The lowest BCUT2D eigenvalue weighted by Crippen LogP contribution is -2.19. The van der Waals surface area contributed by atoms with Crippen molar-refractivity contribution in [1.29, 1.82) is 0 Å². The summed E-state index contributed by atoms with van der Waals surface area (Å²) in [6, 6.07) is 17.0. The van der Waals surface area contributed by atoms with E-state index in [0.717, 1.165) is 22.6 Å². The van der Waals surface area contributed by atoms with E-state index in [1.54, 1.807) is 30.9 Å². The van der Waals surface area contributed by atoms with Crippen LogP contribution in [0.5, 0.6) is 0 Å². The van der Waals surface area contributed by atoms with Gasteiger partial charge in [-0.05, 0) is 60.3 Å². The fraction of sp³-hybridized carbons (Fsp3) is 0.0455. The number of amides is 1. The third kappa shape index (κ3) is 4.93. The maximum atomic E-state index is 12.4. The number of nitrogens with zero attached hydrogens (tertiary/aromatic N) is 3. The molecule has 4 aromatic rings. The summed E-state index contributed by atoms with van der Waals surface area (Å²) in [5.41, 5.74) is 5.74. The minimum Gasteiger partial charge on any atom is -0.306 e. The highest BCUT2D eigenvalue weighted by atomic mass is 32.2. The SMILES string of the molecule is C/C(=N/NC(=O)c1ccc(NS(=O)(=O)c2cccs2)cc1)c1ccc(-n2ccnc2)cc1. The van der Waals surface area contributed by atoms with Gasteiger partial charge in [0.1, 0.15) is 4.21 Å². The van der Waals surface area contributed by atoms with E-state index in [1.807, 2.05) is 35.0 Å². The van der Waals surface area contributed by atoms with Crippen LogP contribution in [0.1, 0.15) is 22.8 Å². The number of thiophene rings is 1. The molecule has 2 aromatic heterocycles. The van der Waals surface area contributed by atoms with E-state index in [-0.39, 0.29) is 4.21 Å². The van der Waals surface area contributed by atoms with Gasteiger partial charge in [-0.2, -0.15) is 5.10 Å². The van der Waals surface area contributed by atoms with E-state index in [9.17, 15) is 13.2 Å². The van der Waals surface area contributed by atoms with Gasteiger partial charge in [0.15, 0.2) is 0 Å². The number of carbonyl (C=O) groups excluding carboxylic acids is 1. The van der Waals surface area contributed by atoms with Gasteiger partial charge in [-0.3, -0.25) is 9.52 Å². The summed E-state index contributed by atoms with van der Waals surface area (Å²) >= 11 is 1.13. The zero-order chi connectivity index (χ0) is 22.6. The number of nitrogens with one attached hydrogen (secondary N) is 2. The minimum atomic E-state index is -3.63. The molecule has 2 N–H and O–H groups in total. The number of sulfonamides is 1. The number of hydrazone groups is 1. The summed E-state index contributed by atoms with van der Waals surface area (Å²) in [6.07, 6.45) is 5.28. The number of carbonyl (C=O) groups is 1. The van der Waals surface area contributed by atoms with Crippen LogP contribution < -0.4 is 10.1 Å². The van der Waals surface area contributed by atoms with Crippen LogP contribution in [0.15, 0.2) is 94.1 Å². The third-order valence-corrected chi connectivity index (χ3v) is 7.35. The number of anilines is 1. The summed E-state index contributed by atoms with van der Waals surface area (Å²) in [5.74, 6) is -0.396. The van der Waals surface area contributed by atoms with Gasteiger partial charge in [-0.25, -0.2) is 18.8 Å². The number of hydrogen-bond donors (Lipinski definition) is 2. The van der Waals surface area contributed by atoms with Gasteiger partial charge in [0.25, 0.3) is 15.9 Å². The Morgan fingerprint density at radius 2 is 1.75 bits per heavy atom. The number of benzene rings is 2. The Morgan fingerprint density at radius 3 is 2.38 bits per heavy atom. The fourth-order valence-electron chi connectivity index (χ4n) is 2.86. The normalized spacial score (nSPS) is 11.8. The number of rotatable bonds is 7. The van der Waals surface area contributed by atoms with Crippen LogP contribution >= 0.6 is 11.3 Å². The molecule has 0 unspecified atom stereocenters. The average Bonchev–Trinajstić information content (AvgIpc) is 3.52. The van der Waals surface area contributed by atoms with Crippen molar-refractivity contribution in [2.24, 2.45) is 5.10 Å². The first-order valence-corrected chi connectivity index (χ1v) is 11.9. The van der Waals surface area contributed by atoms with Crippen molar-refractivity contribution in [3.05, 3.63) is 95.9 Å². The summed E-state index contributed by atoms with van der Waals surface area (Å²) in [6.45, 7) is 1.80. The zero-order valence-corrected chi connectivity index (χ0v) is 18.6. The molecule has 2 aromatic carbocycles. The van der Waals surface area contributed by atoms with E-state index in [1.165, 1.54) is 30.3 Å². The Labute approximate surface area is 189 Å². The number of hydrogen-bond acceptors (Lipinski definition) is 6. The van der Waals surface area contributed by atoms with E-state index < -0.39 is 15.9 Å². The molecule has 0 radical (unpaired) electrons. The van der Waals surface area contributed by atoms with Crippen LogP contribution in [-0.4, -0.2) is 29.6 Å². The molecule has 0 spiro atoms. The first-order valence-electron chi connectivity index (χ1n) is 9.52. The Morgan fingerprint density at radius 1 is 1.03 bits per heavy atom. The summed E-state index contributed by atoms with van der Waals surface area (Å²) in [5, 5.41) is 5.86. The standard InChI is InChI=1S/C22H19N5O3S2/c1-16(17-6-10-20(11-7-17)27-13-12-23-15-27)24-25-22(28)18-4-8-19(9-5-18)26-32(29,30)21-3-2-14-31-21/h2-15,26H,1H3,(H,25,28)/b24-16-. The monoisotopic (exact) mass is 465 g/mol. The number of aromatic nitrogens is 2. The van der Waals surface area contributed by atoms with Crippen LogP contribution in [0.2, 0.25) is 0 Å². The van der Waals surface area contributed by atoms with Crippen molar-refractivity contribution < 1.29 is 13.2 Å². The lowest BCUT2D eigenvalue weighted by molar-refractivity contribution is 0.0955. The van der Waals surface area contributed by atoms with E-state index in [4.69, 9.17) is 0 Å². The Bertz CT molecular complexity index is 1330. The van der Waals surface area contributed by atoms with Crippen molar-refractivity contribution >= 4 is 38.7 Å². The quantitative estimate of drug-likeness (QED) is 0.319. The Hall–Kier alpha value is -3.76. The first-order chi connectivity index (χ1) is 15.4. The third-order valence-electron chi connectivity index (χ3n) is 4.57. The van der Waals surface area contributed by atoms with Gasteiger partial charge in [-0.15, -0.1) is 11.3 Å². The predicted molar refractivity (Wildman–Crippen MR) is 125 cm³/mol. The van der Waals surface area contributed by atoms with E-state index in [2.05, 4.69) is 20.2 Å². The lowest BCUT2D eigenvalue weighted by Gasteiger charge is -2.08. The van der Waals surface area contributed by atoms with Crippen molar-refractivity contribution in [1.82, 2.24) is 15.0 Å². The van der Waals surface area contributed by atoms with Crippen LogP contribution in [0.3, 0.4) is 0 Å². The minimum absolute atomic E-state index is 0.224. The van der Waals surface area contributed by atoms with Gasteiger partial charge in [0.05, 0.1) is 12.0 Å². The van der Waals surface area contributed by atoms with Gasteiger partial charge in [0.2, 0.25) is 0 Å². The van der Waals surface area contributed by atoms with Crippen LogP contribution in [0.25, 0.3) is 5.69 Å². The molecule has 10 heteroatoms. The summed E-state index contributed by atoms with van der Waals surface area (Å²) in [7, 11) is -3.63. The summed E-state index contributed by atoms with van der Waals surface area (Å²) < 4.78 is 29.2. The molecule has 162 valence electrons. The van der Waals surface area contributed by atoms with Gasteiger partial charge in [0, 0.05) is 29.3 Å². The highest BCUT2D eigenvalue weighted by Crippen LogP contribution is 2.20. The molecule has 0 saturated heterocycles. The molecule has 0 atom stereocenters. The Balaban J connectivity index is 1.38. The molecule has 1 amide bonds. The molecule has 4 rings (SSSR count). The van der Waals surface area contributed by atoms with Crippen molar-refractivity contribution in [3.8, 4) is 5.69 Å². The maximum absolute atomic E-state index is 12.4. The van der Waals surface area contributed by atoms with Crippen LogP contribution in [0.4, 0.5) is 5.69 Å². The van der Waals surface area contributed by atoms with Crippen LogP contribution in [0, 0.1) is 0 Å². The fourth-order valence-corrected chi connectivity index (χ4v) is 4.91. The smallest absolute Gasteiger partial charge is 0.271 e. The van der Waals surface area contributed by atoms with Crippen molar-refractivity contribution in [2.75, 3.05) is 4.72 Å². The molecule has 0 aliphatic carbocycles. The Kier molecular flexibility index (Phi) is 6.15. The van der Waals surface area contributed by atoms with Crippen molar-refractivity contribution in [3.63, 3.8) is 0 Å². The van der Waals surface area contributed by atoms with Gasteiger partial charge >= 0.3 is 0 Å². The van der Waals surface area contributed by atoms with Gasteiger partial charge in [-0.1, -0.05) is 18.2 Å². The molecule has 0 aliphatic heterocycles. The van der Waals surface area contributed by atoms with Gasteiger partial charge < -0.3 is 4.57 Å². The number of imidazole rings is 1. The lowest BCUT2D eigenvalue weighted by atomic mass is 10.1. The van der Waals surface area contributed by atoms with E-state index >= 15 is 0 Å². The molecular weight excluding hydrogens is 446 g/mol. The second kappa shape index (κ2) is 9.16. The zero-order valence-electron chi connectivity index (χ0n) is 17.0. The molecule has 32 heavy (non-hydrogen) atoms.